The van der Waals surface area contributed by atoms with Gasteiger partial charge in [0.25, 0.3) is 5.91 Å². The van der Waals surface area contributed by atoms with Gasteiger partial charge in [-0.05, 0) is 36.4 Å². The molecule has 3 aromatic heterocycles. The average molecular weight is 329 g/mol. The Kier molecular flexibility index (Phi) is 3.92. The fourth-order valence-corrected chi connectivity index (χ4v) is 2.73. The second-order valence-corrected chi connectivity index (χ2v) is 5.49. The second-order valence-electron chi connectivity index (χ2n) is 5.49. The highest BCUT2D eigenvalue weighted by molar-refractivity contribution is 6.00. The molecular weight excluding hydrogens is 314 g/mol. The summed E-state index contributed by atoms with van der Waals surface area (Å²) in [6.07, 6.45) is 6.70. The molecule has 0 saturated heterocycles. The van der Waals surface area contributed by atoms with Crippen molar-refractivity contribution in [2.75, 3.05) is 4.90 Å². The molecule has 6 nitrogen and oxygen atoms in total. The van der Waals surface area contributed by atoms with Gasteiger partial charge in [0.1, 0.15) is 12.1 Å². The summed E-state index contributed by atoms with van der Waals surface area (Å²) < 4.78 is 1.75. The van der Waals surface area contributed by atoms with Gasteiger partial charge in [-0.25, -0.2) is 9.97 Å². The lowest BCUT2D eigenvalue weighted by Gasteiger charge is -2.22. The lowest BCUT2D eigenvalue weighted by Crippen LogP contribution is -2.29. The van der Waals surface area contributed by atoms with Gasteiger partial charge in [0.05, 0.1) is 18.2 Å². The highest BCUT2D eigenvalue weighted by atomic mass is 16.2. The first-order valence-electron chi connectivity index (χ1n) is 7.87. The summed E-state index contributed by atoms with van der Waals surface area (Å²) in [4.78, 5) is 27.5. The third kappa shape index (κ3) is 2.97. The average Bonchev–Trinajstić information content (AvgIpc) is 3.07. The van der Waals surface area contributed by atoms with Gasteiger partial charge in [-0.1, -0.05) is 18.2 Å². The summed E-state index contributed by atoms with van der Waals surface area (Å²) in [5, 5.41) is 0. The minimum absolute atomic E-state index is 0.0934. The molecular formula is C19H15N5O. The van der Waals surface area contributed by atoms with Crippen LogP contribution < -0.4 is 4.90 Å². The van der Waals surface area contributed by atoms with Crippen molar-refractivity contribution in [2.24, 2.45) is 0 Å². The molecule has 1 aromatic carbocycles. The Morgan fingerprint density at radius 2 is 1.72 bits per heavy atom. The number of hydrogen-bond donors (Lipinski definition) is 0. The number of benzene rings is 1. The molecule has 0 fully saturated rings. The number of nitrogens with zero attached hydrogens (tertiary/aromatic N) is 5. The van der Waals surface area contributed by atoms with E-state index < -0.39 is 0 Å². The van der Waals surface area contributed by atoms with E-state index in [0.717, 1.165) is 16.9 Å². The highest BCUT2D eigenvalue weighted by Gasteiger charge is 2.19. The van der Waals surface area contributed by atoms with Crippen LogP contribution >= 0.6 is 0 Å². The van der Waals surface area contributed by atoms with Gasteiger partial charge in [-0.2, -0.15) is 0 Å². The van der Waals surface area contributed by atoms with Crippen molar-refractivity contribution in [3.8, 4) is 0 Å². The summed E-state index contributed by atoms with van der Waals surface area (Å²) in [5.74, 6) is -0.0934. The Hall–Kier alpha value is -3.54. The van der Waals surface area contributed by atoms with Crippen molar-refractivity contribution >= 4 is 28.4 Å². The first kappa shape index (κ1) is 15.0. The Balaban J connectivity index is 1.71. The molecule has 0 atom stereocenters. The van der Waals surface area contributed by atoms with E-state index in [4.69, 9.17) is 0 Å². The van der Waals surface area contributed by atoms with Gasteiger partial charge in [0.2, 0.25) is 0 Å². The fraction of sp³-hybridized carbons (Fsp3) is 0.0526. The second kappa shape index (κ2) is 6.52. The van der Waals surface area contributed by atoms with Gasteiger partial charge in [-0.15, -0.1) is 0 Å². The molecule has 0 aliphatic carbocycles. The Morgan fingerprint density at radius 1 is 0.920 bits per heavy atom. The molecule has 1 amide bonds. The Labute approximate surface area is 144 Å². The summed E-state index contributed by atoms with van der Waals surface area (Å²) in [6.45, 7) is 0.136. The molecule has 0 N–H and O–H groups in total. The number of para-hydroxylation sites is 1. The van der Waals surface area contributed by atoms with E-state index in [0.29, 0.717) is 5.65 Å². The first-order valence-corrected chi connectivity index (χ1v) is 7.87. The van der Waals surface area contributed by atoms with Crippen molar-refractivity contribution in [3.05, 3.63) is 79.5 Å². The predicted octanol–water partition coefficient (Wildman–Crippen LogP) is 3.19. The normalized spacial score (nSPS) is 10.7. The Morgan fingerprint density at radius 3 is 2.52 bits per heavy atom. The van der Waals surface area contributed by atoms with Crippen molar-refractivity contribution in [3.63, 3.8) is 0 Å². The van der Waals surface area contributed by atoms with Crippen molar-refractivity contribution in [2.45, 2.75) is 6.54 Å². The molecule has 3 heterocycles. The van der Waals surface area contributed by atoms with E-state index in [2.05, 4.69) is 15.0 Å². The lowest BCUT2D eigenvalue weighted by atomic mass is 10.2. The topological polar surface area (TPSA) is 63.9 Å². The van der Waals surface area contributed by atoms with E-state index in [1.54, 1.807) is 34.4 Å². The number of rotatable bonds is 4. The minimum atomic E-state index is -0.0934. The van der Waals surface area contributed by atoms with Crippen molar-refractivity contribution in [1.29, 1.82) is 0 Å². The number of imidazole rings is 1. The van der Waals surface area contributed by atoms with Crippen LogP contribution in [0, 0.1) is 0 Å². The number of pyridine rings is 2. The monoisotopic (exact) mass is 329 g/mol. The zero-order chi connectivity index (χ0) is 17.1. The van der Waals surface area contributed by atoms with Crippen LogP contribution in [0.15, 0.2) is 79.5 Å². The maximum atomic E-state index is 13.1. The van der Waals surface area contributed by atoms with E-state index in [9.17, 15) is 4.79 Å². The van der Waals surface area contributed by atoms with Crippen LogP contribution in [0.2, 0.25) is 0 Å². The smallest absolute Gasteiger partial charge is 0.251 e. The van der Waals surface area contributed by atoms with E-state index in [1.807, 2.05) is 54.6 Å². The first-order chi connectivity index (χ1) is 12.3. The van der Waals surface area contributed by atoms with Crippen molar-refractivity contribution < 1.29 is 4.79 Å². The van der Waals surface area contributed by atoms with Gasteiger partial charge >= 0.3 is 0 Å². The molecule has 122 valence electrons. The fourth-order valence-electron chi connectivity index (χ4n) is 2.73. The predicted molar refractivity (Wildman–Crippen MR) is 95.4 cm³/mol. The zero-order valence-corrected chi connectivity index (χ0v) is 13.4. The highest BCUT2D eigenvalue weighted by Crippen LogP contribution is 2.25. The van der Waals surface area contributed by atoms with Gasteiger partial charge < -0.3 is 4.57 Å². The molecule has 0 radical (unpaired) electrons. The lowest BCUT2D eigenvalue weighted by molar-refractivity contribution is -0.118. The largest absolute Gasteiger partial charge is 0.306 e. The Bertz CT molecular complexity index is 958. The number of fused-ring (bicyclic) bond motifs is 1. The zero-order valence-electron chi connectivity index (χ0n) is 13.4. The van der Waals surface area contributed by atoms with Crippen LogP contribution in [-0.4, -0.2) is 25.4 Å². The third-order valence-electron chi connectivity index (χ3n) is 3.85. The maximum absolute atomic E-state index is 13.1. The molecule has 4 aromatic rings. The number of hydrogen-bond acceptors (Lipinski definition) is 4. The number of amides is 1. The molecule has 25 heavy (non-hydrogen) atoms. The number of anilines is 2. The van der Waals surface area contributed by atoms with Gasteiger partial charge in [0.15, 0.2) is 5.65 Å². The molecule has 0 aliphatic rings. The van der Waals surface area contributed by atoms with Gasteiger partial charge in [0, 0.05) is 18.1 Å². The molecule has 0 spiro atoms. The van der Waals surface area contributed by atoms with Crippen LogP contribution in [0.5, 0.6) is 0 Å². The van der Waals surface area contributed by atoms with Crippen LogP contribution in [-0.2, 0) is 11.3 Å². The quantitative estimate of drug-likeness (QED) is 0.577. The van der Waals surface area contributed by atoms with Crippen molar-refractivity contribution in [1.82, 2.24) is 19.5 Å². The number of aromatic nitrogens is 4. The number of carbonyl (C=O) groups is 1. The minimum Gasteiger partial charge on any atom is -0.306 e. The molecule has 6 heteroatoms. The van der Waals surface area contributed by atoms with Crippen LogP contribution in [0.3, 0.4) is 0 Å². The molecule has 0 unspecified atom stereocenters. The van der Waals surface area contributed by atoms with E-state index in [-0.39, 0.29) is 12.5 Å². The molecule has 4 rings (SSSR count). The SMILES string of the molecule is O=C(Cn1cnc2cccnc21)N(c1ccccc1)c1cccnc1. The van der Waals surface area contributed by atoms with Crippen LogP contribution in [0.25, 0.3) is 11.2 Å². The van der Waals surface area contributed by atoms with E-state index in [1.165, 1.54) is 0 Å². The van der Waals surface area contributed by atoms with Gasteiger partial charge in [-0.3, -0.25) is 14.7 Å². The van der Waals surface area contributed by atoms with Crippen LogP contribution in [0.1, 0.15) is 0 Å². The maximum Gasteiger partial charge on any atom is 0.251 e. The summed E-state index contributed by atoms with van der Waals surface area (Å²) >= 11 is 0. The van der Waals surface area contributed by atoms with E-state index >= 15 is 0 Å². The molecule has 0 aliphatic heterocycles. The summed E-state index contributed by atoms with van der Waals surface area (Å²) in [7, 11) is 0. The third-order valence-corrected chi connectivity index (χ3v) is 3.85. The molecule has 0 bridgehead atoms. The molecule has 0 saturated carbocycles. The number of carbonyl (C=O) groups excluding carboxylic acids is 1. The summed E-state index contributed by atoms with van der Waals surface area (Å²) in [5.41, 5.74) is 2.96. The van der Waals surface area contributed by atoms with Crippen LogP contribution in [0.4, 0.5) is 11.4 Å². The summed E-state index contributed by atoms with van der Waals surface area (Å²) in [6, 6.07) is 16.9. The standard InChI is InChI=1S/C19H15N5O/c25-18(13-23-14-22-17-9-5-11-21-19(17)23)24(15-6-2-1-3-7-15)16-8-4-10-20-12-16/h1-12,14H,13H2.